The van der Waals surface area contributed by atoms with Crippen molar-refractivity contribution >= 4 is 11.8 Å². The number of hydrazine groups is 1. The van der Waals surface area contributed by atoms with Gasteiger partial charge in [0.15, 0.2) is 0 Å². The van der Waals surface area contributed by atoms with Gasteiger partial charge in [-0.25, -0.2) is 0 Å². The molecule has 0 saturated heterocycles. The summed E-state index contributed by atoms with van der Waals surface area (Å²) in [5, 5.41) is 0. The number of hydrogen-bond acceptors (Lipinski definition) is 4. The second kappa shape index (κ2) is 28.9. The van der Waals surface area contributed by atoms with E-state index in [1.54, 1.807) is 48.5 Å². The van der Waals surface area contributed by atoms with Crippen molar-refractivity contribution in [1.82, 2.24) is 10.9 Å². The van der Waals surface area contributed by atoms with Crippen molar-refractivity contribution in [1.29, 1.82) is 0 Å². The van der Waals surface area contributed by atoms with Crippen LogP contribution in [0.25, 0.3) is 0 Å². The van der Waals surface area contributed by atoms with Gasteiger partial charge in [0.25, 0.3) is 11.8 Å². The number of unbranched alkanes of at least 4 members (excludes halogenated alkanes) is 22. The summed E-state index contributed by atoms with van der Waals surface area (Å²) in [6.07, 6.45) is 31.6. The molecule has 6 heteroatoms. The Balaban J connectivity index is 1.48. The van der Waals surface area contributed by atoms with Crippen molar-refractivity contribution in [3.8, 4) is 11.5 Å². The Labute approximate surface area is 293 Å². The van der Waals surface area contributed by atoms with E-state index in [4.69, 9.17) is 9.47 Å². The maximum Gasteiger partial charge on any atom is 0.269 e. The van der Waals surface area contributed by atoms with Crippen molar-refractivity contribution in [2.24, 2.45) is 0 Å². The van der Waals surface area contributed by atoms with Crippen LogP contribution in [-0.2, 0) is 0 Å². The van der Waals surface area contributed by atoms with E-state index in [0.717, 1.165) is 24.3 Å². The maximum absolute atomic E-state index is 12.5. The first-order chi connectivity index (χ1) is 23.6. The zero-order valence-electron chi connectivity index (χ0n) is 30.6. The predicted molar refractivity (Wildman–Crippen MR) is 201 cm³/mol. The largest absolute Gasteiger partial charge is 0.494 e. The van der Waals surface area contributed by atoms with Gasteiger partial charge in [0.05, 0.1) is 13.2 Å². The standard InChI is InChI=1S/C42H68N2O4/c1-3-5-7-9-11-13-15-17-19-21-23-25-35-47-39-31-27-37(28-32-39)41(45)43-44-42(46)38-29-33-40(34-30-38)48-36-26-24-22-20-18-16-14-12-10-8-6-4-2/h27-34H,3-26,35-36H2,1-2H3,(H,43,45)(H,44,46). The molecule has 0 heterocycles. The monoisotopic (exact) mass is 665 g/mol. The Kier molecular flexibility index (Phi) is 24.8. The molecule has 0 aliphatic carbocycles. The molecule has 2 N–H and O–H groups in total. The number of carbonyl (C=O) groups is 2. The van der Waals surface area contributed by atoms with Gasteiger partial charge in [-0.2, -0.15) is 0 Å². The Morgan fingerprint density at radius 2 is 0.646 bits per heavy atom. The van der Waals surface area contributed by atoms with Crippen molar-refractivity contribution in [3.63, 3.8) is 0 Å². The average Bonchev–Trinajstić information content (AvgIpc) is 3.11. The van der Waals surface area contributed by atoms with Crippen LogP contribution in [0.5, 0.6) is 11.5 Å². The van der Waals surface area contributed by atoms with Gasteiger partial charge < -0.3 is 9.47 Å². The number of rotatable bonds is 30. The van der Waals surface area contributed by atoms with Crippen molar-refractivity contribution < 1.29 is 19.1 Å². The minimum Gasteiger partial charge on any atom is -0.494 e. The molecule has 6 nitrogen and oxygen atoms in total. The SMILES string of the molecule is CCCCCCCCCCCCCCOc1ccc(C(=O)NNC(=O)c2ccc(OCCCCCCCCCCCCCC)cc2)cc1. The van der Waals surface area contributed by atoms with E-state index in [1.807, 2.05) is 0 Å². The van der Waals surface area contributed by atoms with Gasteiger partial charge >= 0.3 is 0 Å². The highest BCUT2D eigenvalue weighted by Gasteiger charge is 2.10. The van der Waals surface area contributed by atoms with Crippen LogP contribution in [0.1, 0.15) is 189 Å². The van der Waals surface area contributed by atoms with Crippen LogP contribution in [0, 0.1) is 0 Å². The van der Waals surface area contributed by atoms with Gasteiger partial charge in [-0.15, -0.1) is 0 Å². The van der Waals surface area contributed by atoms with E-state index >= 15 is 0 Å². The topological polar surface area (TPSA) is 76.7 Å². The third-order valence-corrected chi connectivity index (χ3v) is 9.06. The van der Waals surface area contributed by atoms with Crippen LogP contribution >= 0.6 is 0 Å². The van der Waals surface area contributed by atoms with Crippen molar-refractivity contribution in [3.05, 3.63) is 59.7 Å². The van der Waals surface area contributed by atoms with Gasteiger partial charge in [-0.3, -0.25) is 20.4 Å². The lowest BCUT2D eigenvalue weighted by Gasteiger charge is -2.10. The molecule has 270 valence electrons. The molecule has 0 aliphatic rings. The fraction of sp³-hybridized carbons (Fsp3) is 0.667. The Hall–Kier alpha value is -3.02. The number of hydrogen-bond donors (Lipinski definition) is 2. The molecule has 0 saturated carbocycles. The summed E-state index contributed by atoms with van der Waals surface area (Å²) >= 11 is 0. The van der Waals surface area contributed by atoms with E-state index in [1.165, 1.54) is 141 Å². The zero-order chi connectivity index (χ0) is 34.3. The molecule has 0 unspecified atom stereocenters. The molecule has 2 rings (SSSR count). The van der Waals surface area contributed by atoms with Gasteiger partial charge in [0.1, 0.15) is 11.5 Å². The molecule has 0 fully saturated rings. The first kappa shape index (κ1) is 41.2. The highest BCUT2D eigenvalue weighted by atomic mass is 16.5. The highest BCUT2D eigenvalue weighted by molar-refractivity contribution is 5.99. The normalized spacial score (nSPS) is 11.0. The van der Waals surface area contributed by atoms with Crippen LogP contribution in [-0.4, -0.2) is 25.0 Å². The molecule has 48 heavy (non-hydrogen) atoms. The predicted octanol–water partition coefficient (Wildman–Crippen LogP) is 11.9. The van der Waals surface area contributed by atoms with E-state index < -0.39 is 0 Å². The van der Waals surface area contributed by atoms with Gasteiger partial charge in [0, 0.05) is 11.1 Å². The van der Waals surface area contributed by atoms with Gasteiger partial charge in [0.2, 0.25) is 0 Å². The smallest absolute Gasteiger partial charge is 0.269 e. The lowest BCUT2D eigenvalue weighted by molar-refractivity contribution is 0.0846. The van der Waals surface area contributed by atoms with E-state index in [0.29, 0.717) is 24.3 Å². The van der Waals surface area contributed by atoms with Crippen LogP contribution in [0.3, 0.4) is 0 Å². The van der Waals surface area contributed by atoms with Crippen LogP contribution in [0.4, 0.5) is 0 Å². The second-order valence-electron chi connectivity index (χ2n) is 13.4. The molecule has 0 aliphatic heterocycles. The van der Waals surface area contributed by atoms with Gasteiger partial charge in [-0.05, 0) is 61.4 Å². The van der Waals surface area contributed by atoms with E-state index in [2.05, 4.69) is 24.7 Å². The van der Waals surface area contributed by atoms with E-state index in [-0.39, 0.29) is 11.8 Å². The maximum atomic E-state index is 12.5. The first-order valence-electron chi connectivity index (χ1n) is 19.7. The summed E-state index contributed by atoms with van der Waals surface area (Å²) in [6.45, 7) is 5.90. The van der Waals surface area contributed by atoms with Crippen LogP contribution in [0.2, 0.25) is 0 Å². The molecule has 0 aromatic heterocycles. The number of amides is 2. The lowest BCUT2D eigenvalue weighted by Crippen LogP contribution is -2.41. The molecule has 0 radical (unpaired) electrons. The lowest BCUT2D eigenvalue weighted by atomic mass is 10.1. The number of benzene rings is 2. The fourth-order valence-electron chi connectivity index (χ4n) is 5.93. The third kappa shape index (κ3) is 21.1. The quantitative estimate of drug-likeness (QED) is 0.0643. The first-order valence-corrected chi connectivity index (χ1v) is 19.7. The van der Waals surface area contributed by atoms with Crippen molar-refractivity contribution in [2.45, 2.75) is 168 Å². The number of ether oxygens (including phenoxy) is 2. The third-order valence-electron chi connectivity index (χ3n) is 9.06. The fourth-order valence-corrected chi connectivity index (χ4v) is 5.93. The minimum absolute atomic E-state index is 0.377. The molecule has 2 amide bonds. The van der Waals surface area contributed by atoms with Crippen molar-refractivity contribution in [2.75, 3.05) is 13.2 Å². The molecule has 2 aromatic carbocycles. The zero-order valence-corrected chi connectivity index (χ0v) is 30.6. The molecular formula is C42H68N2O4. The van der Waals surface area contributed by atoms with Gasteiger partial charge in [-0.1, -0.05) is 155 Å². The summed E-state index contributed by atoms with van der Waals surface area (Å²) in [5.41, 5.74) is 5.90. The highest BCUT2D eigenvalue weighted by Crippen LogP contribution is 2.17. The number of nitrogens with one attached hydrogen (secondary N) is 2. The summed E-state index contributed by atoms with van der Waals surface area (Å²) in [7, 11) is 0. The van der Waals surface area contributed by atoms with Crippen LogP contribution < -0.4 is 20.3 Å². The summed E-state index contributed by atoms with van der Waals surface area (Å²) in [5.74, 6) is 0.746. The summed E-state index contributed by atoms with van der Waals surface area (Å²) < 4.78 is 11.7. The Morgan fingerprint density at radius 1 is 0.396 bits per heavy atom. The minimum atomic E-state index is -0.377. The molecule has 0 bridgehead atoms. The number of carbonyl (C=O) groups excluding carboxylic acids is 2. The molecule has 0 spiro atoms. The molecule has 2 aromatic rings. The second-order valence-corrected chi connectivity index (χ2v) is 13.4. The molecule has 0 atom stereocenters. The average molecular weight is 665 g/mol. The summed E-state index contributed by atoms with van der Waals surface area (Å²) in [6, 6.07) is 14.0. The van der Waals surface area contributed by atoms with E-state index in [9.17, 15) is 9.59 Å². The van der Waals surface area contributed by atoms with Crippen LogP contribution in [0.15, 0.2) is 48.5 Å². The summed E-state index contributed by atoms with van der Waals surface area (Å²) in [4.78, 5) is 25.1. The Morgan fingerprint density at radius 3 is 0.917 bits per heavy atom. The Bertz CT molecular complexity index is 969. The molecular weight excluding hydrogens is 596 g/mol.